The van der Waals surface area contributed by atoms with Crippen LogP contribution in [0.5, 0.6) is 0 Å². The predicted molar refractivity (Wildman–Crippen MR) is 238 cm³/mol. The molecule has 2 aliphatic heterocycles. The number of esters is 1. The average molecular weight is 908 g/mol. The lowest BCUT2D eigenvalue weighted by atomic mass is 9.81. The number of cyclic esters (lactones) is 1. The molecular formula is C48H54FN7O10. The fourth-order valence-electron chi connectivity index (χ4n) is 9.06. The number of amides is 4. The van der Waals surface area contributed by atoms with Crippen molar-refractivity contribution < 1.29 is 47.8 Å². The molecule has 0 bridgehead atoms. The number of rotatable bonds is 20. The number of carbonyl (C=O) groups excluding carboxylic acids is 7. The summed E-state index contributed by atoms with van der Waals surface area (Å²) < 4.78 is 22.1. The summed E-state index contributed by atoms with van der Waals surface area (Å²) in [5.74, 6) is -3.60. The first-order valence-electron chi connectivity index (χ1n) is 22.4. The molecule has 0 spiro atoms. The molecule has 17 nitrogen and oxygen atoms in total. The largest absolute Gasteiger partial charge is 0.458 e. The highest BCUT2D eigenvalue weighted by Gasteiger charge is 2.46. The van der Waals surface area contributed by atoms with E-state index < -0.39 is 46.8 Å². The number of aromatic nitrogens is 2. The Kier molecular flexibility index (Phi) is 14.5. The van der Waals surface area contributed by atoms with Crippen molar-refractivity contribution in [1.82, 2.24) is 30.8 Å². The Bertz CT molecular complexity index is 2690. The SMILES string of the molecule is CC[C@@]1(O)C(=O)OCc2c1cc1n(c2=O)Cc2c-1nc1cc(F)c(C)c3c1c2C(NC(=O)CCCNC(=O)CCC(=O)[C@H](Cc1ccccc1)NC(=O)CCC(=O)CNC(=O)CCN)CC3. The van der Waals surface area contributed by atoms with Gasteiger partial charge in [-0.15, -0.1) is 0 Å². The van der Waals surface area contributed by atoms with E-state index in [1.807, 2.05) is 18.2 Å². The summed E-state index contributed by atoms with van der Waals surface area (Å²) in [7, 11) is 0. The number of ketones is 2. The van der Waals surface area contributed by atoms with Gasteiger partial charge in [0.1, 0.15) is 12.4 Å². The second-order valence-corrected chi connectivity index (χ2v) is 17.1. The molecule has 7 rings (SSSR count). The van der Waals surface area contributed by atoms with E-state index in [0.29, 0.717) is 46.3 Å². The highest BCUT2D eigenvalue weighted by atomic mass is 19.1. The van der Waals surface area contributed by atoms with Gasteiger partial charge in [-0.25, -0.2) is 14.2 Å². The van der Waals surface area contributed by atoms with Crippen molar-refractivity contribution in [3.8, 4) is 11.4 Å². The normalized spacial score (nSPS) is 17.2. The average Bonchev–Trinajstić information content (AvgIpc) is 3.67. The minimum absolute atomic E-state index is 0.0263. The summed E-state index contributed by atoms with van der Waals surface area (Å²) in [4.78, 5) is 108. The molecule has 2 aromatic carbocycles. The monoisotopic (exact) mass is 907 g/mol. The van der Waals surface area contributed by atoms with Crippen LogP contribution in [-0.4, -0.2) is 81.5 Å². The van der Waals surface area contributed by atoms with Crippen LogP contribution in [0, 0.1) is 12.7 Å². The minimum Gasteiger partial charge on any atom is -0.458 e. The van der Waals surface area contributed by atoms with Crippen LogP contribution in [0.2, 0.25) is 0 Å². The third-order valence-electron chi connectivity index (χ3n) is 12.7. The van der Waals surface area contributed by atoms with Crippen LogP contribution in [0.4, 0.5) is 4.39 Å². The lowest BCUT2D eigenvalue weighted by Gasteiger charge is -2.31. The zero-order chi connectivity index (χ0) is 47.3. The second kappa shape index (κ2) is 20.2. The molecule has 0 radical (unpaired) electrons. The number of nitrogens with zero attached hydrogens (tertiary/aromatic N) is 2. The fourth-order valence-corrected chi connectivity index (χ4v) is 9.06. The maximum atomic E-state index is 15.3. The topological polar surface area (TPSA) is 258 Å². The van der Waals surface area contributed by atoms with E-state index in [4.69, 9.17) is 15.5 Å². The number of aryl methyl sites for hydroxylation is 1. The molecule has 4 heterocycles. The molecule has 1 unspecified atom stereocenters. The first-order valence-corrected chi connectivity index (χ1v) is 22.4. The summed E-state index contributed by atoms with van der Waals surface area (Å²) in [6.07, 6.45) is 0.797. The van der Waals surface area contributed by atoms with Crippen LogP contribution in [0.3, 0.4) is 0 Å². The summed E-state index contributed by atoms with van der Waals surface area (Å²) in [6.45, 7) is 3.18. The van der Waals surface area contributed by atoms with Crippen molar-refractivity contribution in [2.24, 2.45) is 5.73 Å². The molecule has 1 aliphatic carbocycles. The van der Waals surface area contributed by atoms with Gasteiger partial charge in [-0.05, 0) is 67.3 Å². The number of pyridine rings is 2. The van der Waals surface area contributed by atoms with Crippen molar-refractivity contribution >= 4 is 52.1 Å². The van der Waals surface area contributed by atoms with Crippen molar-refractivity contribution in [2.75, 3.05) is 19.6 Å². The van der Waals surface area contributed by atoms with Gasteiger partial charge in [-0.2, -0.15) is 0 Å². The Morgan fingerprint density at radius 3 is 2.42 bits per heavy atom. The van der Waals surface area contributed by atoms with Crippen molar-refractivity contribution in [3.05, 3.63) is 97.6 Å². The van der Waals surface area contributed by atoms with E-state index in [1.54, 1.807) is 32.0 Å². The molecular weight excluding hydrogens is 854 g/mol. The first kappa shape index (κ1) is 47.3. The number of benzene rings is 2. The summed E-state index contributed by atoms with van der Waals surface area (Å²) in [5.41, 5.74) is 7.76. The molecule has 18 heteroatoms. The minimum atomic E-state index is -2.02. The molecule has 66 heavy (non-hydrogen) atoms. The summed E-state index contributed by atoms with van der Waals surface area (Å²) in [6, 6.07) is 10.5. The lowest BCUT2D eigenvalue weighted by Crippen LogP contribution is -2.44. The maximum Gasteiger partial charge on any atom is 0.343 e. The van der Waals surface area contributed by atoms with Crippen LogP contribution >= 0.6 is 0 Å². The number of Topliss-reactive ketones (excluding diaryl/α,β-unsaturated/α-hetero) is 2. The summed E-state index contributed by atoms with van der Waals surface area (Å²) >= 11 is 0. The highest BCUT2D eigenvalue weighted by molar-refractivity contribution is 5.95. The molecule has 348 valence electrons. The predicted octanol–water partition coefficient (Wildman–Crippen LogP) is 2.42. The standard InChI is InChI=1S/C48H54FN7O10/c1-3-48(65)32-21-37-45-30(24-56(37)46(63)31(32)25-66-47(48)64)44-34(13-12-29-26(2)33(49)22-36(55-45)43(29)44)53-41(61)10-7-19-51-39(59)16-14-38(58)35(20-27-8-5-4-6-9-27)54-42(62)15-11-28(57)23-52-40(60)17-18-50/h4-6,8-9,21-22,34-35,65H,3,7,10-20,23-25,50H2,1-2H3,(H,51,59)(H,52,60)(H,53,61)(H,54,62)/t34?,35-,48-/m0/s1. The van der Waals surface area contributed by atoms with Crippen LogP contribution in [0.1, 0.15) is 110 Å². The second-order valence-electron chi connectivity index (χ2n) is 17.1. The van der Waals surface area contributed by atoms with E-state index in [9.17, 15) is 43.5 Å². The maximum absolute atomic E-state index is 15.3. The molecule has 7 N–H and O–H groups in total. The van der Waals surface area contributed by atoms with Gasteiger partial charge < -0.3 is 41.4 Å². The van der Waals surface area contributed by atoms with Crippen LogP contribution in [0.15, 0.2) is 47.3 Å². The van der Waals surface area contributed by atoms with Gasteiger partial charge in [0.15, 0.2) is 17.2 Å². The van der Waals surface area contributed by atoms with Gasteiger partial charge in [0.2, 0.25) is 23.6 Å². The van der Waals surface area contributed by atoms with Gasteiger partial charge in [-0.3, -0.25) is 33.6 Å². The van der Waals surface area contributed by atoms with Crippen LogP contribution in [0.25, 0.3) is 22.3 Å². The smallest absolute Gasteiger partial charge is 0.343 e. The Morgan fingerprint density at radius 1 is 0.939 bits per heavy atom. The molecule has 0 fully saturated rings. The van der Waals surface area contributed by atoms with Crippen molar-refractivity contribution in [1.29, 1.82) is 0 Å². The van der Waals surface area contributed by atoms with E-state index in [1.165, 1.54) is 10.6 Å². The third kappa shape index (κ3) is 9.94. The van der Waals surface area contributed by atoms with Crippen molar-refractivity contribution in [3.63, 3.8) is 0 Å². The van der Waals surface area contributed by atoms with E-state index in [0.717, 1.165) is 16.7 Å². The Labute approximate surface area is 379 Å². The number of nitrogens with one attached hydrogen (secondary N) is 4. The number of carbonyl (C=O) groups is 7. The van der Waals surface area contributed by atoms with Gasteiger partial charge >= 0.3 is 5.97 Å². The number of hydrogen-bond acceptors (Lipinski definition) is 12. The molecule has 4 amide bonds. The van der Waals surface area contributed by atoms with E-state index in [-0.39, 0.29) is 125 Å². The highest BCUT2D eigenvalue weighted by Crippen LogP contribution is 2.46. The van der Waals surface area contributed by atoms with Crippen molar-refractivity contribution in [2.45, 2.75) is 115 Å². The molecule has 0 saturated carbocycles. The molecule has 4 aromatic rings. The number of ether oxygens (including phenoxy) is 1. The Hall–Kier alpha value is -6.66. The van der Waals surface area contributed by atoms with Crippen LogP contribution in [-0.2, 0) is 69.9 Å². The van der Waals surface area contributed by atoms with E-state index >= 15 is 4.39 Å². The molecule has 3 atom stereocenters. The molecule has 3 aliphatic rings. The third-order valence-corrected chi connectivity index (χ3v) is 12.7. The van der Waals surface area contributed by atoms with Gasteiger partial charge in [0, 0.05) is 74.2 Å². The number of halogens is 1. The number of nitrogens with two attached hydrogens (primary N) is 1. The molecule has 2 aromatic heterocycles. The van der Waals surface area contributed by atoms with E-state index in [2.05, 4.69) is 21.3 Å². The first-order chi connectivity index (χ1) is 31.6. The fraction of sp³-hybridized carbons (Fsp3) is 0.438. The number of fused-ring (bicyclic) bond motifs is 5. The van der Waals surface area contributed by atoms with Gasteiger partial charge in [0.25, 0.3) is 5.56 Å². The van der Waals surface area contributed by atoms with Crippen LogP contribution < -0.4 is 32.6 Å². The zero-order valence-electron chi connectivity index (χ0n) is 37.0. The van der Waals surface area contributed by atoms with Gasteiger partial charge in [0.05, 0.1) is 47.6 Å². The Morgan fingerprint density at radius 2 is 1.68 bits per heavy atom. The molecule has 0 saturated heterocycles. The number of aliphatic hydroxyl groups is 1. The quantitative estimate of drug-likeness (QED) is 0.0487. The zero-order valence-corrected chi connectivity index (χ0v) is 37.0. The summed E-state index contributed by atoms with van der Waals surface area (Å²) in [5, 5.41) is 23.1. The lowest BCUT2D eigenvalue weighted by molar-refractivity contribution is -0.172. The van der Waals surface area contributed by atoms with Gasteiger partial charge in [-0.1, -0.05) is 37.3 Å². The number of hydrogen-bond donors (Lipinski definition) is 6. The Balaban J connectivity index is 0.959.